The van der Waals surface area contributed by atoms with Gasteiger partial charge in [0.2, 0.25) is 0 Å². The van der Waals surface area contributed by atoms with Crippen LogP contribution in [-0.2, 0) is 19.4 Å². The van der Waals surface area contributed by atoms with E-state index >= 15 is 0 Å². The van der Waals surface area contributed by atoms with Crippen LogP contribution in [0.2, 0.25) is 0 Å². The van der Waals surface area contributed by atoms with E-state index in [-0.39, 0.29) is 18.1 Å². The number of amides is 2. The van der Waals surface area contributed by atoms with Gasteiger partial charge in [-0.1, -0.05) is 24.3 Å². The number of benzene rings is 1. The van der Waals surface area contributed by atoms with Gasteiger partial charge in [0.25, 0.3) is 5.56 Å². The van der Waals surface area contributed by atoms with Gasteiger partial charge in [-0.2, -0.15) is 0 Å². The maximum Gasteiger partial charge on any atom is 0.317 e. The van der Waals surface area contributed by atoms with E-state index in [9.17, 15) is 9.59 Å². The second kappa shape index (κ2) is 7.92. The summed E-state index contributed by atoms with van der Waals surface area (Å²) in [7, 11) is 0. The van der Waals surface area contributed by atoms with E-state index in [4.69, 9.17) is 0 Å². The third-order valence-electron chi connectivity index (χ3n) is 5.59. The van der Waals surface area contributed by atoms with E-state index in [0.29, 0.717) is 11.7 Å². The molecule has 0 spiro atoms. The predicted molar refractivity (Wildman–Crippen MR) is 102 cm³/mol. The number of aromatic amines is 1. The Morgan fingerprint density at radius 3 is 2.74 bits per heavy atom. The Morgan fingerprint density at radius 2 is 1.96 bits per heavy atom. The van der Waals surface area contributed by atoms with Gasteiger partial charge in [0, 0.05) is 38.3 Å². The highest BCUT2D eigenvalue weighted by molar-refractivity contribution is 5.74. The topological polar surface area (TPSA) is 81.3 Å². The molecule has 1 fully saturated rings. The van der Waals surface area contributed by atoms with Crippen molar-refractivity contribution in [3.8, 4) is 0 Å². The summed E-state index contributed by atoms with van der Waals surface area (Å²) in [5, 5.41) is 2.86. The molecule has 2 aromatic rings. The second-order valence-electron chi connectivity index (χ2n) is 7.25. The van der Waals surface area contributed by atoms with Gasteiger partial charge in [-0.15, -0.1) is 0 Å². The molecule has 0 radical (unpaired) electrons. The summed E-state index contributed by atoms with van der Waals surface area (Å²) in [6.07, 6.45) is 4.80. The molecule has 0 saturated carbocycles. The highest BCUT2D eigenvalue weighted by Gasteiger charge is 2.28. The second-order valence-corrected chi connectivity index (χ2v) is 7.25. The van der Waals surface area contributed by atoms with Crippen LogP contribution in [0.4, 0.5) is 4.79 Å². The zero-order chi connectivity index (χ0) is 18.6. The normalized spacial score (nSPS) is 20.1. The van der Waals surface area contributed by atoms with Crippen LogP contribution in [0, 0.1) is 0 Å². The number of hydrogen-bond donors (Lipinski definition) is 2. The van der Waals surface area contributed by atoms with Gasteiger partial charge in [-0.25, -0.2) is 9.78 Å². The molecule has 7 heteroatoms. The van der Waals surface area contributed by atoms with E-state index in [0.717, 1.165) is 39.0 Å². The standard InChI is InChI=1S/C20H25N5O2/c26-19-12-17(22-14-23-19)13-21-20(27)25-9-7-24(8-10-25)18-6-5-15-3-1-2-4-16(15)11-18/h1-4,12,14,18H,5-11,13H2,(H,21,27)(H,22,23,26)/t18-/m0/s1. The zero-order valence-corrected chi connectivity index (χ0v) is 15.4. The smallest absolute Gasteiger partial charge is 0.317 e. The minimum absolute atomic E-state index is 0.0919. The quantitative estimate of drug-likeness (QED) is 0.853. The van der Waals surface area contributed by atoms with Crippen molar-refractivity contribution in [1.29, 1.82) is 0 Å². The summed E-state index contributed by atoms with van der Waals surface area (Å²) in [5.41, 5.74) is 3.31. The largest absolute Gasteiger partial charge is 0.332 e. The summed E-state index contributed by atoms with van der Waals surface area (Å²) in [6, 6.07) is 10.6. The van der Waals surface area contributed by atoms with Crippen LogP contribution < -0.4 is 10.9 Å². The van der Waals surface area contributed by atoms with Gasteiger partial charge < -0.3 is 15.2 Å². The van der Waals surface area contributed by atoms with Crippen molar-refractivity contribution in [2.45, 2.75) is 31.8 Å². The molecule has 142 valence electrons. The van der Waals surface area contributed by atoms with Crippen LogP contribution in [0.25, 0.3) is 0 Å². The molecule has 2 aliphatic rings. The Bertz CT molecular complexity index is 857. The first kappa shape index (κ1) is 17.7. The number of hydrogen-bond acceptors (Lipinski definition) is 4. The van der Waals surface area contributed by atoms with E-state index in [1.165, 1.54) is 29.9 Å². The van der Waals surface area contributed by atoms with Crippen LogP contribution >= 0.6 is 0 Å². The number of carbonyl (C=O) groups excluding carboxylic acids is 1. The molecule has 1 aliphatic carbocycles. The average molecular weight is 367 g/mol. The molecule has 1 aromatic heterocycles. The van der Waals surface area contributed by atoms with E-state index in [1.807, 2.05) is 4.90 Å². The number of nitrogens with one attached hydrogen (secondary N) is 2. The van der Waals surface area contributed by atoms with Gasteiger partial charge in [-0.3, -0.25) is 9.69 Å². The molecule has 1 atom stereocenters. The van der Waals surface area contributed by atoms with Crippen LogP contribution in [-0.4, -0.2) is 58.0 Å². The van der Waals surface area contributed by atoms with E-state index in [2.05, 4.69) is 44.5 Å². The third kappa shape index (κ3) is 4.19. The summed E-state index contributed by atoms with van der Waals surface area (Å²) < 4.78 is 0. The molecule has 27 heavy (non-hydrogen) atoms. The van der Waals surface area contributed by atoms with Gasteiger partial charge in [-0.05, 0) is 30.4 Å². The van der Waals surface area contributed by atoms with Crippen LogP contribution in [0.5, 0.6) is 0 Å². The van der Waals surface area contributed by atoms with Crippen LogP contribution in [0.1, 0.15) is 23.2 Å². The van der Waals surface area contributed by atoms with Crippen molar-refractivity contribution in [3.63, 3.8) is 0 Å². The number of aryl methyl sites for hydroxylation is 1. The number of aromatic nitrogens is 2. The molecule has 1 aliphatic heterocycles. The Hall–Kier alpha value is -2.67. The molecule has 2 amide bonds. The first-order valence-electron chi connectivity index (χ1n) is 9.56. The number of H-pyrrole nitrogens is 1. The van der Waals surface area contributed by atoms with Crippen molar-refractivity contribution >= 4 is 6.03 Å². The van der Waals surface area contributed by atoms with Gasteiger partial charge >= 0.3 is 6.03 Å². The zero-order valence-electron chi connectivity index (χ0n) is 15.4. The Labute approximate surface area is 158 Å². The lowest BCUT2D eigenvalue weighted by Crippen LogP contribution is -2.55. The molecule has 4 rings (SSSR count). The molecule has 0 bridgehead atoms. The molecule has 2 heterocycles. The highest BCUT2D eigenvalue weighted by Crippen LogP contribution is 2.25. The van der Waals surface area contributed by atoms with Crippen molar-refractivity contribution in [3.05, 3.63) is 63.8 Å². The van der Waals surface area contributed by atoms with Gasteiger partial charge in [0.15, 0.2) is 0 Å². The highest BCUT2D eigenvalue weighted by atomic mass is 16.2. The molecular weight excluding hydrogens is 342 g/mol. The fourth-order valence-electron chi connectivity index (χ4n) is 4.06. The number of rotatable bonds is 3. The summed E-state index contributed by atoms with van der Waals surface area (Å²) in [5.74, 6) is 0. The maximum absolute atomic E-state index is 12.4. The number of fused-ring (bicyclic) bond motifs is 1. The molecule has 2 N–H and O–H groups in total. The third-order valence-corrected chi connectivity index (χ3v) is 5.59. The van der Waals surface area contributed by atoms with E-state index in [1.54, 1.807) is 0 Å². The van der Waals surface area contributed by atoms with Crippen LogP contribution in [0.15, 0.2) is 41.5 Å². The fraction of sp³-hybridized carbons (Fsp3) is 0.450. The Morgan fingerprint density at radius 1 is 1.19 bits per heavy atom. The van der Waals surface area contributed by atoms with Crippen molar-refractivity contribution in [2.24, 2.45) is 0 Å². The minimum atomic E-state index is -0.211. The van der Waals surface area contributed by atoms with Gasteiger partial charge in [0.1, 0.15) is 0 Å². The lowest BCUT2D eigenvalue weighted by molar-refractivity contribution is 0.101. The first-order valence-corrected chi connectivity index (χ1v) is 9.56. The first-order chi connectivity index (χ1) is 13.2. The molecule has 7 nitrogen and oxygen atoms in total. The minimum Gasteiger partial charge on any atom is -0.332 e. The number of urea groups is 1. The van der Waals surface area contributed by atoms with Crippen LogP contribution in [0.3, 0.4) is 0 Å². The van der Waals surface area contributed by atoms with E-state index < -0.39 is 0 Å². The van der Waals surface area contributed by atoms with Crippen molar-refractivity contribution < 1.29 is 4.79 Å². The number of carbonyl (C=O) groups is 1. The molecule has 1 aromatic carbocycles. The summed E-state index contributed by atoms with van der Waals surface area (Å²) in [6.45, 7) is 3.54. The van der Waals surface area contributed by atoms with Gasteiger partial charge in [0.05, 0.1) is 18.6 Å². The predicted octanol–water partition coefficient (Wildman–Crippen LogP) is 1.15. The number of nitrogens with zero attached hydrogens (tertiary/aromatic N) is 3. The summed E-state index contributed by atoms with van der Waals surface area (Å²) in [4.78, 5) is 34.6. The molecule has 0 unspecified atom stereocenters. The Kier molecular flexibility index (Phi) is 5.20. The average Bonchev–Trinajstić information content (AvgIpc) is 2.72. The Balaban J connectivity index is 1.26. The lowest BCUT2D eigenvalue weighted by atomic mass is 9.87. The SMILES string of the molecule is O=C(NCc1cc(=O)[nH]cn1)N1CCN([C@H]2CCc3ccccc3C2)CC1. The monoisotopic (exact) mass is 367 g/mol. The molecule has 1 saturated heterocycles. The number of piperazine rings is 1. The lowest BCUT2D eigenvalue weighted by Gasteiger charge is -2.41. The summed E-state index contributed by atoms with van der Waals surface area (Å²) >= 11 is 0. The maximum atomic E-state index is 12.4. The van der Waals surface area contributed by atoms with Crippen molar-refractivity contribution in [1.82, 2.24) is 25.1 Å². The fourth-order valence-corrected chi connectivity index (χ4v) is 4.06. The van der Waals surface area contributed by atoms with Crippen molar-refractivity contribution in [2.75, 3.05) is 26.2 Å². The molecular formula is C20H25N5O2.